The van der Waals surface area contributed by atoms with Crippen molar-refractivity contribution >= 4 is 34.9 Å². The van der Waals surface area contributed by atoms with Crippen molar-refractivity contribution < 1.29 is 17.9 Å². The van der Waals surface area contributed by atoms with Gasteiger partial charge in [-0.25, -0.2) is 4.98 Å². The molecular formula is C22H17Cl2F3N4O2. The molecule has 0 atom stereocenters. The summed E-state index contributed by atoms with van der Waals surface area (Å²) in [5.41, 5.74) is -0.255. The zero-order chi connectivity index (χ0) is 22.7. The number of rotatable bonds is 6. The van der Waals surface area contributed by atoms with Crippen LogP contribution in [0.5, 0.6) is 5.75 Å². The number of aromatic nitrogens is 4. The molecule has 0 bridgehead atoms. The summed E-state index contributed by atoms with van der Waals surface area (Å²) < 4.78 is 45.1. The lowest BCUT2D eigenvalue weighted by Gasteiger charge is -2.10. The number of H-pyrrole nitrogens is 1. The molecule has 4 rings (SSSR count). The highest BCUT2D eigenvalue weighted by atomic mass is 35.5. The van der Waals surface area contributed by atoms with Crippen LogP contribution in [-0.4, -0.2) is 26.5 Å². The molecular weight excluding hydrogens is 480 g/mol. The second-order valence-electron chi connectivity index (χ2n) is 6.95. The van der Waals surface area contributed by atoms with Gasteiger partial charge in [-0.3, -0.25) is 14.8 Å². The molecule has 3 aromatic heterocycles. The number of fused-ring (bicyclic) bond motifs is 1. The van der Waals surface area contributed by atoms with Crippen LogP contribution in [0.2, 0.25) is 5.02 Å². The predicted molar refractivity (Wildman–Crippen MR) is 121 cm³/mol. The summed E-state index contributed by atoms with van der Waals surface area (Å²) in [6.07, 6.45) is 1.30. The van der Waals surface area contributed by atoms with Crippen molar-refractivity contribution in [1.29, 1.82) is 0 Å². The lowest BCUT2D eigenvalue weighted by Crippen LogP contribution is -2.12. The minimum atomic E-state index is -4.66. The normalized spacial score (nSPS) is 11.3. The summed E-state index contributed by atoms with van der Waals surface area (Å²) in [7, 11) is 0. The largest absolute Gasteiger partial charge is 0.494 e. The Bertz CT molecular complexity index is 1310. The SMILES string of the molecule is Cl.O=c1[nH]c(-c2cc(C(F)(F)F)c(Cl)cn2)nc2ccc(OCCCc3ccncc3)cc12. The van der Waals surface area contributed by atoms with E-state index in [4.69, 9.17) is 16.3 Å². The maximum absolute atomic E-state index is 13.1. The summed E-state index contributed by atoms with van der Waals surface area (Å²) in [5.74, 6) is 0.409. The third-order valence-electron chi connectivity index (χ3n) is 4.71. The molecule has 0 fully saturated rings. The highest BCUT2D eigenvalue weighted by molar-refractivity contribution is 6.31. The molecule has 4 aromatic rings. The third kappa shape index (κ3) is 5.80. The molecule has 11 heteroatoms. The first-order valence-corrected chi connectivity index (χ1v) is 9.98. The molecule has 0 aliphatic rings. The van der Waals surface area contributed by atoms with Crippen molar-refractivity contribution in [3.8, 4) is 17.3 Å². The van der Waals surface area contributed by atoms with E-state index >= 15 is 0 Å². The van der Waals surface area contributed by atoms with E-state index in [0.29, 0.717) is 17.9 Å². The van der Waals surface area contributed by atoms with Crippen molar-refractivity contribution in [3.05, 3.63) is 81.5 Å². The Morgan fingerprint density at radius 2 is 1.85 bits per heavy atom. The molecule has 0 unspecified atom stereocenters. The molecule has 0 radical (unpaired) electrons. The highest BCUT2D eigenvalue weighted by Gasteiger charge is 2.34. The highest BCUT2D eigenvalue weighted by Crippen LogP contribution is 2.35. The topological polar surface area (TPSA) is 80.8 Å². The van der Waals surface area contributed by atoms with Gasteiger partial charge >= 0.3 is 6.18 Å². The molecule has 172 valence electrons. The lowest BCUT2D eigenvalue weighted by atomic mass is 10.1. The van der Waals surface area contributed by atoms with Crippen molar-refractivity contribution in [3.63, 3.8) is 0 Å². The third-order valence-corrected chi connectivity index (χ3v) is 5.01. The van der Waals surface area contributed by atoms with Crippen LogP contribution in [0.25, 0.3) is 22.4 Å². The Labute approximate surface area is 197 Å². The molecule has 0 aliphatic heterocycles. The number of ether oxygens (including phenoxy) is 1. The molecule has 0 saturated carbocycles. The smallest absolute Gasteiger partial charge is 0.417 e. The Hall–Kier alpha value is -3.17. The van der Waals surface area contributed by atoms with Crippen LogP contribution < -0.4 is 10.3 Å². The van der Waals surface area contributed by atoms with Crippen molar-refractivity contribution in [2.75, 3.05) is 6.61 Å². The minimum absolute atomic E-state index is 0. The van der Waals surface area contributed by atoms with Crippen LogP contribution in [0.15, 0.2) is 59.8 Å². The summed E-state index contributed by atoms with van der Waals surface area (Å²) in [6, 6.07) is 9.41. The first-order chi connectivity index (χ1) is 15.3. The van der Waals surface area contributed by atoms with Gasteiger partial charge in [0, 0.05) is 18.6 Å². The van der Waals surface area contributed by atoms with Gasteiger partial charge < -0.3 is 9.72 Å². The fourth-order valence-electron chi connectivity index (χ4n) is 3.13. The van der Waals surface area contributed by atoms with Gasteiger partial charge in [0.2, 0.25) is 0 Å². The number of aryl methyl sites for hydroxylation is 1. The van der Waals surface area contributed by atoms with E-state index in [1.807, 2.05) is 12.1 Å². The molecule has 0 saturated heterocycles. The van der Waals surface area contributed by atoms with E-state index in [1.165, 1.54) is 0 Å². The van der Waals surface area contributed by atoms with Gasteiger partial charge in [-0.2, -0.15) is 13.2 Å². The fourth-order valence-corrected chi connectivity index (χ4v) is 3.34. The predicted octanol–water partition coefficient (Wildman–Crippen LogP) is 5.49. The van der Waals surface area contributed by atoms with E-state index in [9.17, 15) is 18.0 Å². The Morgan fingerprint density at radius 3 is 2.58 bits per heavy atom. The molecule has 33 heavy (non-hydrogen) atoms. The second kappa shape index (κ2) is 10.2. The summed E-state index contributed by atoms with van der Waals surface area (Å²) >= 11 is 5.61. The number of aromatic amines is 1. The standard InChI is InChI=1S/C22H16ClF3N4O2.ClH/c23-17-12-28-19(11-16(17)22(24,25)26)20-29-18-4-3-14(10-15(18)21(31)30-20)32-9-1-2-13-5-7-27-8-6-13;/h3-8,10-12H,1-2,9H2,(H,29,30,31);1H. The maximum Gasteiger partial charge on any atom is 0.417 e. The second-order valence-corrected chi connectivity index (χ2v) is 7.36. The quantitative estimate of drug-likeness (QED) is 0.357. The van der Waals surface area contributed by atoms with Gasteiger partial charge in [0.05, 0.1) is 28.1 Å². The van der Waals surface area contributed by atoms with Crippen molar-refractivity contribution in [2.45, 2.75) is 19.0 Å². The number of hydrogen-bond donors (Lipinski definition) is 1. The number of pyridine rings is 2. The van der Waals surface area contributed by atoms with Crippen LogP contribution in [0.4, 0.5) is 13.2 Å². The summed E-state index contributed by atoms with van der Waals surface area (Å²) in [5, 5.41) is -0.277. The zero-order valence-electron chi connectivity index (χ0n) is 16.9. The molecule has 6 nitrogen and oxygen atoms in total. The molecule has 0 amide bonds. The first kappa shape index (κ1) is 24.5. The number of nitrogens with one attached hydrogen (secondary N) is 1. The van der Waals surface area contributed by atoms with Gasteiger partial charge in [0.25, 0.3) is 5.56 Å². The van der Waals surface area contributed by atoms with E-state index in [2.05, 4.69) is 19.9 Å². The van der Waals surface area contributed by atoms with E-state index in [0.717, 1.165) is 30.7 Å². The maximum atomic E-state index is 13.1. The van der Waals surface area contributed by atoms with Crippen LogP contribution in [0, 0.1) is 0 Å². The summed E-state index contributed by atoms with van der Waals surface area (Å²) in [6.45, 7) is 0.451. The van der Waals surface area contributed by atoms with Crippen LogP contribution >= 0.6 is 24.0 Å². The monoisotopic (exact) mass is 496 g/mol. The number of benzene rings is 1. The van der Waals surface area contributed by atoms with Crippen molar-refractivity contribution in [1.82, 2.24) is 19.9 Å². The number of halogens is 5. The Balaban J connectivity index is 0.00000306. The number of nitrogens with zero attached hydrogens (tertiary/aromatic N) is 3. The number of hydrogen-bond acceptors (Lipinski definition) is 5. The molecule has 0 spiro atoms. The number of alkyl halides is 3. The van der Waals surface area contributed by atoms with Crippen molar-refractivity contribution in [2.24, 2.45) is 0 Å². The minimum Gasteiger partial charge on any atom is -0.494 e. The molecule has 1 aromatic carbocycles. The Kier molecular flexibility index (Phi) is 7.55. The van der Waals surface area contributed by atoms with Gasteiger partial charge in [0.15, 0.2) is 5.82 Å². The zero-order valence-corrected chi connectivity index (χ0v) is 18.5. The van der Waals surface area contributed by atoms with E-state index in [1.54, 1.807) is 30.6 Å². The first-order valence-electron chi connectivity index (χ1n) is 9.60. The van der Waals surface area contributed by atoms with E-state index < -0.39 is 22.3 Å². The molecule has 0 aliphatic carbocycles. The van der Waals surface area contributed by atoms with Gasteiger partial charge in [-0.05, 0) is 54.8 Å². The molecule has 3 heterocycles. The van der Waals surface area contributed by atoms with E-state index in [-0.39, 0.29) is 29.3 Å². The fraction of sp³-hybridized carbons (Fsp3) is 0.182. The van der Waals surface area contributed by atoms with Crippen LogP contribution in [0.1, 0.15) is 17.5 Å². The molecule has 1 N–H and O–H groups in total. The average Bonchev–Trinajstić information content (AvgIpc) is 2.77. The lowest BCUT2D eigenvalue weighted by molar-refractivity contribution is -0.137. The van der Waals surface area contributed by atoms with Crippen LogP contribution in [0.3, 0.4) is 0 Å². The van der Waals surface area contributed by atoms with Gasteiger partial charge in [0.1, 0.15) is 11.4 Å². The Morgan fingerprint density at radius 1 is 1.09 bits per heavy atom. The average molecular weight is 497 g/mol. The van der Waals surface area contributed by atoms with Crippen LogP contribution in [-0.2, 0) is 12.6 Å². The van der Waals surface area contributed by atoms with Gasteiger partial charge in [-0.15, -0.1) is 12.4 Å². The van der Waals surface area contributed by atoms with Gasteiger partial charge in [-0.1, -0.05) is 11.6 Å². The summed E-state index contributed by atoms with van der Waals surface area (Å²) in [4.78, 5) is 27.1.